The number of hydrogen-bond donors (Lipinski definition) is 0. The van der Waals surface area contributed by atoms with E-state index in [-0.39, 0.29) is 17.6 Å². The van der Waals surface area contributed by atoms with Crippen molar-refractivity contribution in [3.8, 4) is 0 Å². The number of anilines is 1. The average molecular weight is 437 g/mol. The number of alkyl halides is 2. The number of thioether (sulfide) groups is 1. The smallest absolute Gasteiger partial charge is 0.291 e. The fourth-order valence-electron chi connectivity index (χ4n) is 3.50. The molecule has 1 amide bonds. The van der Waals surface area contributed by atoms with E-state index in [1.165, 1.54) is 0 Å². The average Bonchev–Trinajstić information content (AvgIpc) is 3.04. The lowest BCUT2D eigenvalue weighted by Gasteiger charge is -2.36. The molecule has 9 heteroatoms. The summed E-state index contributed by atoms with van der Waals surface area (Å²) >= 11 is 6.43. The van der Waals surface area contributed by atoms with Gasteiger partial charge in [-0.3, -0.25) is 4.79 Å². The van der Waals surface area contributed by atoms with Gasteiger partial charge in [-0.2, -0.15) is 8.78 Å². The first-order chi connectivity index (χ1) is 14.0. The van der Waals surface area contributed by atoms with Gasteiger partial charge >= 0.3 is 0 Å². The van der Waals surface area contributed by atoms with Crippen LogP contribution in [0.4, 0.5) is 14.5 Å². The standard InChI is InChI=1S/C20H19ClF2N4OS/c21-14-4-3-5-15(12-14)25-8-10-26(11-9-25)18(28)13-27-17-7-2-1-6-16(17)24-20(27)29-19(22)23/h1-7,12,19H,8-11,13H2. The van der Waals surface area contributed by atoms with Crippen LogP contribution >= 0.6 is 23.4 Å². The molecule has 1 aromatic heterocycles. The summed E-state index contributed by atoms with van der Waals surface area (Å²) in [6.07, 6.45) is 0. The molecule has 0 N–H and O–H groups in total. The molecule has 0 atom stereocenters. The van der Waals surface area contributed by atoms with Gasteiger partial charge in [0.25, 0.3) is 5.76 Å². The highest BCUT2D eigenvalue weighted by molar-refractivity contribution is 7.99. The first kappa shape index (κ1) is 20.0. The van der Waals surface area contributed by atoms with Gasteiger partial charge < -0.3 is 14.4 Å². The number of para-hydroxylation sites is 2. The molecule has 0 saturated carbocycles. The second-order valence-electron chi connectivity index (χ2n) is 6.70. The Kier molecular flexibility index (Phi) is 5.91. The third kappa shape index (κ3) is 4.48. The van der Waals surface area contributed by atoms with E-state index in [1.54, 1.807) is 27.7 Å². The van der Waals surface area contributed by atoms with Gasteiger partial charge in [0, 0.05) is 36.9 Å². The topological polar surface area (TPSA) is 41.4 Å². The minimum Gasteiger partial charge on any atom is -0.368 e. The Morgan fingerprint density at radius 2 is 1.86 bits per heavy atom. The molecule has 2 heterocycles. The van der Waals surface area contributed by atoms with Crippen molar-refractivity contribution in [2.24, 2.45) is 0 Å². The molecule has 5 nitrogen and oxygen atoms in total. The molecule has 0 radical (unpaired) electrons. The number of nitrogens with zero attached hydrogens (tertiary/aromatic N) is 4. The molecule has 1 aliphatic rings. The van der Waals surface area contributed by atoms with Crippen molar-refractivity contribution in [3.63, 3.8) is 0 Å². The number of carbonyl (C=O) groups excluding carboxylic acids is 1. The van der Waals surface area contributed by atoms with Crippen molar-refractivity contribution in [2.75, 3.05) is 31.1 Å². The quantitative estimate of drug-likeness (QED) is 0.557. The summed E-state index contributed by atoms with van der Waals surface area (Å²) in [5.41, 5.74) is 2.32. The molecule has 0 spiro atoms. The lowest BCUT2D eigenvalue weighted by molar-refractivity contribution is -0.132. The maximum absolute atomic E-state index is 13.0. The summed E-state index contributed by atoms with van der Waals surface area (Å²) in [5, 5.41) is 0.837. The molecule has 0 bridgehead atoms. The zero-order chi connectivity index (χ0) is 20.4. The molecule has 4 rings (SSSR count). The second-order valence-corrected chi connectivity index (χ2v) is 8.09. The molecule has 0 unspecified atom stereocenters. The van der Waals surface area contributed by atoms with E-state index in [4.69, 9.17) is 11.6 Å². The molecular formula is C20H19ClF2N4OS. The molecule has 0 aliphatic carbocycles. The third-order valence-electron chi connectivity index (χ3n) is 4.91. The highest BCUT2D eigenvalue weighted by Gasteiger charge is 2.24. The van der Waals surface area contributed by atoms with Crippen LogP contribution in [-0.2, 0) is 11.3 Å². The fraction of sp³-hybridized carbons (Fsp3) is 0.300. The van der Waals surface area contributed by atoms with Gasteiger partial charge in [0.2, 0.25) is 5.91 Å². The Balaban J connectivity index is 1.46. The summed E-state index contributed by atoms with van der Waals surface area (Å²) < 4.78 is 27.5. The highest BCUT2D eigenvalue weighted by atomic mass is 35.5. The third-order valence-corrected chi connectivity index (χ3v) is 5.85. The van der Waals surface area contributed by atoms with E-state index in [2.05, 4.69) is 9.88 Å². The van der Waals surface area contributed by atoms with Gasteiger partial charge in [-0.05, 0) is 42.1 Å². The van der Waals surface area contributed by atoms with Crippen molar-refractivity contribution in [3.05, 3.63) is 53.6 Å². The van der Waals surface area contributed by atoms with E-state index in [0.717, 1.165) is 5.69 Å². The van der Waals surface area contributed by atoms with Gasteiger partial charge in [-0.1, -0.05) is 29.8 Å². The summed E-state index contributed by atoms with van der Waals surface area (Å²) in [5.74, 6) is -2.70. The number of carbonyl (C=O) groups is 1. The number of halogens is 3. The summed E-state index contributed by atoms with van der Waals surface area (Å²) in [6, 6.07) is 14.8. The van der Waals surface area contributed by atoms with Crippen LogP contribution in [0.15, 0.2) is 53.7 Å². The van der Waals surface area contributed by atoms with Gasteiger partial charge in [-0.15, -0.1) is 0 Å². The van der Waals surface area contributed by atoms with Gasteiger partial charge in [0.1, 0.15) is 6.54 Å². The minimum atomic E-state index is -2.60. The highest BCUT2D eigenvalue weighted by Crippen LogP contribution is 2.29. The van der Waals surface area contributed by atoms with Crippen LogP contribution in [0, 0.1) is 0 Å². The predicted molar refractivity (Wildman–Crippen MR) is 112 cm³/mol. The maximum Gasteiger partial charge on any atom is 0.291 e. The zero-order valence-corrected chi connectivity index (χ0v) is 17.0. The Labute approximate surface area is 176 Å². The lowest BCUT2D eigenvalue weighted by atomic mass is 10.2. The Morgan fingerprint density at radius 1 is 1.10 bits per heavy atom. The van der Waals surface area contributed by atoms with Gasteiger partial charge in [-0.25, -0.2) is 4.98 Å². The SMILES string of the molecule is O=C(Cn1c(SC(F)F)nc2ccccc21)N1CCN(c2cccc(Cl)c2)CC1. The largest absolute Gasteiger partial charge is 0.368 e. The summed E-state index contributed by atoms with van der Waals surface area (Å²) in [4.78, 5) is 21.1. The molecule has 3 aromatic rings. The van der Waals surface area contributed by atoms with Crippen LogP contribution in [0.5, 0.6) is 0 Å². The Morgan fingerprint density at radius 3 is 2.59 bits per heavy atom. The van der Waals surface area contributed by atoms with E-state index in [9.17, 15) is 13.6 Å². The summed E-state index contributed by atoms with van der Waals surface area (Å²) in [6.45, 7) is 2.50. The van der Waals surface area contributed by atoms with Crippen LogP contribution < -0.4 is 4.90 Å². The molecule has 1 saturated heterocycles. The number of rotatable bonds is 5. The van der Waals surface area contributed by atoms with E-state index in [0.29, 0.717) is 54.0 Å². The molecule has 2 aromatic carbocycles. The molecule has 29 heavy (non-hydrogen) atoms. The van der Waals surface area contributed by atoms with Gasteiger partial charge in [0.05, 0.1) is 11.0 Å². The molecule has 152 valence electrons. The first-order valence-corrected chi connectivity index (χ1v) is 10.5. The number of imidazole rings is 1. The molecule has 1 aliphatic heterocycles. The Bertz CT molecular complexity index is 1020. The van der Waals surface area contributed by atoms with Crippen molar-refractivity contribution in [2.45, 2.75) is 17.5 Å². The Hall–Kier alpha value is -2.32. The maximum atomic E-state index is 13.0. The first-order valence-electron chi connectivity index (χ1n) is 9.19. The van der Waals surface area contributed by atoms with E-state index in [1.807, 2.05) is 30.3 Å². The predicted octanol–water partition coefficient (Wildman–Crippen LogP) is 4.35. The number of benzene rings is 2. The van der Waals surface area contributed by atoms with Crippen LogP contribution in [-0.4, -0.2) is 52.3 Å². The van der Waals surface area contributed by atoms with Gasteiger partial charge in [0.15, 0.2) is 5.16 Å². The summed E-state index contributed by atoms with van der Waals surface area (Å²) in [7, 11) is 0. The zero-order valence-electron chi connectivity index (χ0n) is 15.5. The fourth-order valence-corrected chi connectivity index (χ4v) is 4.28. The number of hydrogen-bond acceptors (Lipinski definition) is 4. The van der Waals surface area contributed by atoms with Crippen LogP contribution in [0.2, 0.25) is 5.02 Å². The monoisotopic (exact) mass is 436 g/mol. The lowest BCUT2D eigenvalue weighted by Crippen LogP contribution is -2.49. The van der Waals surface area contributed by atoms with Crippen molar-refractivity contribution in [1.29, 1.82) is 0 Å². The normalized spacial score (nSPS) is 14.8. The van der Waals surface area contributed by atoms with E-state index < -0.39 is 5.76 Å². The van der Waals surface area contributed by atoms with Crippen molar-refractivity contribution >= 4 is 46.0 Å². The number of aromatic nitrogens is 2. The number of piperazine rings is 1. The van der Waals surface area contributed by atoms with Crippen LogP contribution in [0.3, 0.4) is 0 Å². The minimum absolute atomic E-state index is 0.00721. The number of fused-ring (bicyclic) bond motifs is 1. The van der Waals surface area contributed by atoms with Crippen LogP contribution in [0.1, 0.15) is 0 Å². The molecule has 1 fully saturated rings. The van der Waals surface area contributed by atoms with Crippen molar-refractivity contribution < 1.29 is 13.6 Å². The molecular weight excluding hydrogens is 418 g/mol. The number of amides is 1. The van der Waals surface area contributed by atoms with Crippen LogP contribution in [0.25, 0.3) is 11.0 Å². The van der Waals surface area contributed by atoms with Crippen molar-refractivity contribution in [1.82, 2.24) is 14.5 Å². The van der Waals surface area contributed by atoms with E-state index >= 15 is 0 Å². The second kappa shape index (κ2) is 8.59.